The highest BCUT2D eigenvalue weighted by atomic mass is 32.1. The summed E-state index contributed by atoms with van der Waals surface area (Å²) in [6.07, 6.45) is 10.1. The Hall–Kier alpha value is -2.01. The van der Waals surface area contributed by atoms with Gasteiger partial charge >= 0.3 is 0 Å². The largest absolute Gasteiger partial charge is 0.494 e. The zero-order valence-corrected chi connectivity index (χ0v) is 21.5. The van der Waals surface area contributed by atoms with E-state index in [1.807, 2.05) is 18.2 Å². The molecule has 5 rings (SSSR count). The summed E-state index contributed by atoms with van der Waals surface area (Å²) in [5.41, 5.74) is 1.12. The van der Waals surface area contributed by atoms with Crippen molar-refractivity contribution in [2.45, 2.75) is 88.9 Å². The van der Waals surface area contributed by atoms with E-state index in [1.54, 1.807) is 6.07 Å². The van der Waals surface area contributed by atoms with Crippen LogP contribution in [-0.2, 0) is 0 Å². The van der Waals surface area contributed by atoms with Gasteiger partial charge in [-0.25, -0.2) is 13.2 Å². The van der Waals surface area contributed by atoms with Gasteiger partial charge in [-0.1, -0.05) is 31.9 Å². The van der Waals surface area contributed by atoms with E-state index in [9.17, 15) is 4.39 Å². The monoisotopic (exact) mass is 500 g/mol. The molecule has 188 valence electrons. The number of fused-ring (bicyclic) bond motifs is 1. The summed E-state index contributed by atoms with van der Waals surface area (Å²) in [6.45, 7) is 2.22. The van der Waals surface area contributed by atoms with Gasteiger partial charge in [-0.05, 0) is 110 Å². The number of hydrogen-bond donors (Lipinski definition) is 0. The summed E-state index contributed by atoms with van der Waals surface area (Å²) >= 11 is 1.49. The second kappa shape index (κ2) is 10.5. The molecule has 0 saturated heterocycles. The number of ether oxygens (including phenoxy) is 1. The van der Waals surface area contributed by atoms with E-state index in [2.05, 4.69) is 13.0 Å². The zero-order valence-electron chi connectivity index (χ0n) is 20.7. The lowest BCUT2D eigenvalue weighted by molar-refractivity contribution is 0.302. The van der Waals surface area contributed by atoms with Crippen LogP contribution in [0.3, 0.4) is 0 Å². The number of thiophene rings is 1. The van der Waals surface area contributed by atoms with Crippen molar-refractivity contribution in [3.8, 4) is 5.75 Å². The molecular formula is C30H35F3OS. The van der Waals surface area contributed by atoms with Crippen LogP contribution in [0.2, 0.25) is 0 Å². The van der Waals surface area contributed by atoms with Crippen molar-refractivity contribution >= 4 is 21.4 Å². The first-order valence-electron chi connectivity index (χ1n) is 13.2. The fraction of sp³-hybridized carbons (Fsp3) is 0.533. The number of halogens is 3. The molecule has 2 aromatic carbocycles. The molecule has 0 amide bonds. The molecule has 1 heterocycles. The summed E-state index contributed by atoms with van der Waals surface area (Å²) < 4.78 is 50.8. The van der Waals surface area contributed by atoms with E-state index in [4.69, 9.17) is 4.74 Å². The Bertz CT molecular complexity index is 1170. The Kier molecular flexibility index (Phi) is 7.43. The molecule has 0 N–H and O–H groups in total. The van der Waals surface area contributed by atoms with Gasteiger partial charge < -0.3 is 4.74 Å². The van der Waals surface area contributed by atoms with Gasteiger partial charge in [0.2, 0.25) is 0 Å². The van der Waals surface area contributed by atoms with Crippen LogP contribution in [0, 0.1) is 23.4 Å². The van der Waals surface area contributed by atoms with Crippen LogP contribution in [0.4, 0.5) is 13.2 Å². The molecular weight excluding hydrogens is 465 g/mol. The molecule has 2 fully saturated rings. The fourth-order valence-corrected chi connectivity index (χ4v) is 7.76. The van der Waals surface area contributed by atoms with E-state index >= 15 is 8.78 Å². The van der Waals surface area contributed by atoms with E-state index in [-0.39, 0.29) is 23.4 Å². The average molecular weight is 501 g/mol. The van der Waals surface area contributed by atoms with Crippen molar-refractivity contribution in [3.05, 3.63) is 63.8 Å². The summed E-state index contributed by atoms with van der Waals surface area (Å²) in [7, 11) is 1.48. The molecule has 3 aromatic rings. The summed E-state index contributed by atoms with van der Waals surface area (Å²) in [4.78, 5) is 1.17. The topological polar surface area (TPSA) is 9.23 Å². The third-order valence-electron chi connectivity index (χ3n) is 8.52. The molecule has 2 aliphatic carbocycles. The Morgan fingerprint density at radius 2 is 1.34 bits per heavy atom. The number of hydrogen-bond acceptors (Lipinski definition) is 2. The molecule has 0 aliphatic heterocycles. The molecule has 5 heteroatoms. The highest BCUT2D eigenvalue weighted by Crippen LogP contribution is 2.46. The number of benzene rings is 2. The van der Waals surface area contributed by atoms with E-state index in [0.29, 0.717) is 21.7 Å². The summed E-state index contributed by atoms with van der Waals surface area (Å²) in [5, 5.41) is 0.901. The first-order chi connectivity index (χ1) is 17.0. The Morgan fingerprint density at radius 1 is 0.771 bits per heavy atom. The minimum Gasteiger partial charge on any atom is -0.494 e. The molecule has 0 bridgehead atoms. The molecule has 2 saturated carbocycles. The van der Waals surface area contributed by atoms with Crippen molar-refractivity contribution in [3.63, 3.8) is 0 Å². The van der Waals surface area contributed by atoms with Crippen LogP contribution in [0.1, 0.15) is 105 Å². The number of rotatable bonds is 6. The maximum atomic E-state index is 15.2. The second-order valence-corrected chi connectivity index (χ2v) is 11.7. The number of methoxy groups -OCH3 is 1. The highest BCUT2D eigenvalue weighted by Gasteiger charge is 2.30. The van der Waals surface area contributed by atoms with E-state index in [0.717, 1.165) is 62.7 Å². The first kappa shape index (κ1) is 24.7. The molecule has 0 unspecified atom stereocenters. The molecule has 1 nitrogen and oxygen atoms in total. The van der Waals surface area contributed by atoms with Gasteiger partial charge in [0.15, 0.2) is 23.2 Å². The van der Waals surface area contributed by atoms with Crippen molar-refractivity contribution < 1.29 is 17.9 Å². The van der Waals surface area contributed by atoms with Crippen molar-refractivity contribution in [1.82, 2.24) is 0 Å². The minimum absolute atomic E-state index is 0.0429. The standard InChI is InChI=1S/C30H35F3OS/c1-3-4-18-5-7-19(8-6-18)23-14-15-24(28(32)27(23)31)20-9-11-21(12-10-20)26-17-22-13-16-25(34-2)29(33)30(22)35-26/h13-21H,3-12H2,1-2H3. The summed E-state index contributed by atoms with van der Waals surface area (Å²) in [5.74, 6) is -0.000541. The van der Waals surface area contributed by atoms with Crippen LogP contribution in [0.25, 0.3) is 10.1 Å². The van der Waals surface area contributed by atoms with Crippen LogP contribution in [0.5, 0.6) is 5.75 Å². The third kappa shape index (κ3) is 4.85. The van der Waals surface area contributed by atoms with Gasteiger partial charge in [0, 0.05) is 4.88 Å². The van der Waals surface area contributed by atoms with E-state index < -0.39 is 11.6 Å². The van der Waals surface area contributed by atoms with Crippen molar-refractivity contribution in [1.29, 1.82) is 0 Å². The Balaban J connectivity index is 1.26. The quantitative estimate of drug-likeness (QED) is 0.327. The zero-order chi connectivity index (χ0) is 24.5. The lowest BCUT2D eigenvalue weighted by Crippen LogP contribution is -2.17. The van der Waals surface area contributed by atoms with Crippen molar-refractivity contribution in [2.24, 2.45) is 5.92 Å². The van der Waals surface area contributed by atoms with Gasteiger partial charge in [-0.3, -0.25) is 0 Å². The first-order valence-corrected chi connectivity index (χ1v) is 14.1. The fourth-order valence-electron chi connectivity index (χ4n) is 6.50. The van der Waals surface area contributed by atoms with Crippen LogP contribution >= 0.6 is 11.3 Å². The normalized spacial score (nSPS) is 25.2. The van der Waals surface area contributed by atoms with Gasteiger partial charge in [-0.15, -0.1) is 11.3 Å². The second-order valence-electron chi connectivity index (χ2n) is 10.6. The maximum Gasteiger partial charge on any atom is 0.182 e. The van der Waals surface area contributed by atoms with Crippen molar-refractivity contribution in [2.75, 3.05) is 7.11 Å². The molecule has 1 aromatic heterocycles. The van der Waals surface area contributed by atoms with Crippen LogP contribution < -0.4 is 4.74 Å². The lowest BCUT2D eigenvalue weighted by atomic mass is 9.75. The third-order valence-corrected chi connectivity index (χ3v) is 9.83. The molecule has 0 spiro atoms. The maximum absolute atomic E-state index is 15.2. The Morgan fingerprint density at radius 3 is 1.91 bits per heavy atom. The minimum atomic E-state index is -0.627. The summed E-state index contributed by atoms with van der Waals surface area (Å²) in [6, 6.07) is 9.38. The van der Waals surface area contributed by atoms with Gasteiger partial charge in [0.05, 0.1) is 11.8 Å². The predicted octanol–water partition coefficient (Wildman–Crippen LogP) is 9.84. The molecule has 2 aliphatic rings. The lowest BCUT2D eigenvalue weighted by Gasteiger charge is -2.31. The van der Waals surface area contributed by atoms with Gasteiger partial charge in [-0.2, -0.15) is 0 Å². The highest BCUT2D eigenvalue weighted by molar-refractivity contribution is 7.19. The van der Waals surface area contributed by atoms with E-state index in [1.165, 1.54) is 36.2 Å². The van der Waals surface area contributed by atoms with Gasteiger partial charge in [0.1, 0.15) is 0 Å². The molecule has 0 atom stereocenters. The smallest absolute Gasteiger partial charge is 0.182 e. The molecule has 0 radical (unpaired) electrons. The Labute approximate surface area is 210 Å². The molecule has 35 heavy (non-hydrogen) atoms. The average Bonchev–Trinajstić information content (AvgIpc) is 3.32. The van der Waals surface area contributed by atoms with Gasteiger partial charge in [0.25, 0.3) is 0 Å². The van der Waals surface area contributed by atoms with Crippen LogP contribution in [-0.4, -0.2) is 7.11 Å². The predicted molar refractivity (Wildman–Crippen MR) is 138 cm³/mol. The SMILES string of the molecule is CCCC1CCC(c2ccc(C3CCC(c4cc5ccc(OC)c(F)c5s4)CC3)c(F)c2F)CC1. The van der Waals surface area contributed by atoms with Crippen LogP contribution in [0.15, 0.2) is 30.3 Å².